The minimum Gasteiger partial charge on any atom is -0.507 e. The number of benzene rings is 1. The average molecular weight is 190 g/mol. The Morgan fingerprint density at radius 2 is 1.71 bits per heavy atom. The van der Waals surface area contributed by atoms with Crippen molar-refractivity contribution in [2.45, 2.75) is 34.1 Å². The molecule has 1 heteroatoms. The van der Waals surface area contributed by atoms with Gasteiger partial charge in [0.2, 0.25) is 0 Å². The third kappa shape index (κ3) is 2.63. The molecule has 0 aliphatic carbocycles. The second kappa shape index (κ2) is 4.32. The highest BCUT2D eigenvalue weighted by atomic mass is 16.3. The van der Waals surface area contributed by atoms with Gasteiger partial charge in [-0.2, -0.15) is 0 Å². The fourth-order valence-corrected chi connectivity index (χ4v) is 1.49. The van der Waals surface area contributed by atoms with E-state index in [9.17, 15) is 5.11 Å². The molecule has 0 fully saturated rings. The van der Waals surface area contributed by atoms with Gasteiger partial charge in [0.25, 0.3) is 0 Å². The number of phenolic OH excluding ortho intramolecular Hbond substituents is 1. The number of allylic oxidation sites excluding steroid dienone is 2. The van der Waals surface area contributed by atoms with Crippen LogP contribution in [-0.2, 0) is 6.42 Å². The molecule has 0 aliphatic heterocycles. The van der Waals surface area contributed by atoms with Gasteiger partial charge in [-0.3, -0.25) is 0 Å². The summed E-state index contributed by atoms with van der Waals surface area (Å²) in [7, 11) is 0. The molecule has 0 radical (unpaired) electrons. The van der Waals surface area contributed by atoms with E-state index < -0.39 is 0 Å². The zero-order valence-corrected chi connectivity index (χ0v) is 9.39. The van der Waals surface area contributed by atoms with Gasteiger partial charge in [0, 0.05) is 0 Å². The minimum absolute atomic E-state index is 0.422. The largest absolute Gasteiger partial charge is 0.507 e. The van der Waals surface area contributed by atoms with E-state index >= 15 is 0 Å². The molecule has 1 aromatic carbocycles. The number of hydrogen-bond donors (Lipinski definition) is 1. The Morgan fingerprint density at radius 1 is 1.21 bits per heavy atom. The highest BCUT2D eigenvalue weighted by Crippen LogP contribution is 2.23. The van der Waals surface area contributed by atoms with E-state index in [0.29, 0.717) is 5.75 Å². The van der Waals surface area contributed by atoms with E-state index in [1.165, 1.54) is 11.1 Å². The van der Waals surface area contributed by atoms with Gasteiger partial charge in [0.05, 0.1) is 0 Å². The number of aromatic hydroxyl groups is 1. The molecule has 1 rings (SSSR count). The van der Waals surface area contributed by atoms with Crippen molar-refractivity contribution in [3.8, 4) is 5.75 Å². The van der Waals surface area contributed by atoms with Gasteiger partial charge in [-0.15, -0.1) is 0 Å². The van der Waals surface area contributed by atoms with Crippen molar-refractivity contribution in [2.75, 3.05) is 0 Å². The molecule has 14 heavy (non-hydrogen) atoms. The summed E-state index contributed by atoms with van der Waals surface area (Å²) in [6, 6.07) is 4.09. The molecule has 76 valence electrons. The van der Waals surface area contributed by atoms with Crippen molar-refractivity contribution in [1.29, 1.82) is 0 Å². The van der Waals surface area contributed by atoms with Gasteiger partial charge in [0.15, 0.2) is 0 Å². The van der Waals surface area contributed by atoms with Crippen molar-refractivity contribution in [3.05, 3.63) is 40.5 Å². The first kappa shape index (κ1) is 10.8. The monoisotopic (exact) mass is 190 g/mol. The van der Waals surface area contributed by atoms with E-state index in [4.69, 9.17) is 0 Å². The molecule has 0 aromatic heterocycles. The van der Waals surface area contributed by atoms with E-state index in [0.717, 1.165) is 17.5 Å². The summed E-state index contributed by atoms with van der Waals surface area (Å²) in [6.45, 7) is 8.07. The van der Waals surface area contributed by atoms with Crippen molar-refractivity contribution in [2.24, 2.45) is 0 Å². The zero-order chi connectivity index (χ0) is 10.7. The zero-order valence-electron chi connectivity index (χ0n) is 9.39. The lowest BCUT2D eigenvalue weighted by atomic mass is 10.0. The fraction of sp³-hybridized carbons (Fsp3) is 0.385. The number of hydrogen-bond acceptors (Lipinski definition) is 1. The van der Waals surface area contributed by atoms with E-state index in [1.807, 2.05) is 26.0 Å². The van der Waals surface area contributed by atoms with Gasteiger partial charge in [-0.25, -0.2) is 0 Å². The van der Waals surface area contributed by atoms with Crippen LogP contribution in [0.25, 0.3) is 0 Å². The molecule has 0 saturated carbocycles. The molecular formula is C13H18O. The van der Waals surface area contributed by atoms with Crippen LogP contribution >= 0.6 is 0 Å². The maximum atomic E-state index is 9.59. The molecule has 0 unspecified atom stereocenters. The predicted molar refractivity (Wildman–Crippen MR) is 60.7 cm³/mol. The van der Waals surface area contributed by atoms with Crippen molar-refractivity contribution < 1.29 is 5.11 Å². The highest BCUT2D eigenvalue weighted by molar-refractivity contribution is 5.42. The van der Waals surface area contributed by atoms with Crippen molar-refractivity contribution >= 4 is 0 Å². The van der Waals surface area contributed by atoms with Crippen LogP contribution in [0.4, 0.5) is 0 Å². The maximum absolute atomic E-state index is 9.59. The lowest BCUT2D eigenvalue weighted by Gasteiger charge is -2.06. The lowest BCUT2D eigenvalue weighted by molar-refractivity contribution is 0.466. The second-order valence-electron chi connectivity index (χ2n) is 4.06. The maximum Gasteiger partial charge on any atom is 0.121 e. The van der Waals surface area contributed by atoms with Crippen LogP contribution in [0.2, 0.25) is 0 Å². The minimum atomic E-state index is 0.422. The smallest absolute Gasteiger partial charge is 0.121 e. The summed E-state index contributed by atoms with van der Waals surface area (Å²) in [5, 5.41) is 9.59. The third-order valence-electron chi connectivity index (χ3n) is 2.30. The molecule has 1 N–H and O–H groups in total. The van der Waals surface area contributed by atoms with Crippen LogP contribution in [0.1, 0.15) is 30.5 Å². The van der Waals surface area contributed by atoms with Gasteiger partial charge < -0.3 is 5.11 Å². The quantitative estimate of drug-likeness (QED) is 0.707. The number of phenols is 1. The molecule has 0 amide bonds. The van der Waals surface area contributed by atoms with Crippen LogP contribution < -0.4 is 0 Å². The van der Waals surface area contributed by atoms with Crippen LogP contribution in [0.3, 0.4) is 0 Å². The van der Waals surface area contributed by atoms with Crippen LogP contribution in [0.5, 0.6) is 5.75 Å². The topological polar surface area (TPSA) is 20.2 Å². The molecule has 0 atom stereocenters. The highest BCUT2D eigenvalue weighted by Gasteiger charge is 2.01. The number of rotatable bonds is 2. The predicted octanol–water partition coefficient (Wildman–Crippen LogP) is 3.52. The SMILES string of the molecule is CC(C)=CCc1cc(C)c(O)c(C)c1. The summed E-state index contributed by atoms with van der Waals surface area (Å²) in [4.78, 5) is 0. The molecule has 0 saturated heterocycles. The van der Waals surface area contributed by atoms with Crippen LogP contribution in [0, 0.1) is 13.8 Å². The standard InChI is InChI=1S/C13H18O/c1-9(2)5-6-12-7-10(3)13(14)11(4)8-12/h5,7-8,14H,6H2,1-4H3. The molecule has 1 nitrogen and oxygen atoms in total. The second-order valence-corrected chi connectivity index (χ2v) is 4.06. The molecule has 0 heterocycles. The first-order valence-electron chi connectivity index (χ1n) is 4.93. The summed E-state index contributed by atoms with van der Waals surface area (Å²) in [5.74, 6) is 0.422. The lowest BCUT2D eigenvalue weighted by Crippen LogP contribution is -1.87. The summed E-state index contributed by atoms with van der Waals surface area (Å²) in [6.07, 6.45) is 3.15. The Kier molecular flexibility index (Phi) is 3.34. The molecule has 1 aromatic rings. The summed E-state index contributed by atoms with van der Waals surface area (Å²) < 4.78 is 0. The summed E-state index contributed by atoms with van der Waals surface area (Å²) in [5.41, 5.74) is 4.51. The summed E-state index contributed by atoms with van der Waals surface area (Å²) >= 11 is 0. The molecule has 0 bridgehead atoms. The Morgan fingerprint density at radius 3 is 2.14 bits per heavy atom. The molecular weight excluding hydrogens is 172 g/mol. The number of aryl methyl sites for hydroxylation is 2. The van der Waals surface area contributed by atoms with E-state index in [1.54, 1.807) is 0 Å². The molecule has 0 aliphatic rings. The van der Waals surface area contributed by atoms with Gasteiger partial charge in [0.1, 0.15) is 5.75 Å². The first-order chi connectivity index (χ1) is 6.50. The van der Waals surface area contributed by atoms with E-state index in [-0.39, 0.29) is 0 Å². The van der Waals surface area contributed by atoms with Crippen LogP contribution in [0.15, 0.2) is 23.8 Å². The van der Waals surface area contributed by atoms with Gasteiger partial charge in [-0.05, 0) is 50.8 Å². The van der Waals surface area contributed by atoms with Gasteiger partial charge in [-0.1, -0.05) is 23.8 Å². The average Bonchev–Trinajstić information content (AvgIpc) is 2.10. The van der Waals surface area contributed by atoms with Crippen molar-refractivity contribution in [1.82, 2.24) is 0 Å². The Labute approximate surface area is 86.1 Å². The fourth-order valence-electron chi connectivity index (χ4n) is 1.49. The third-order valence-corrected chi connectivity index (χ3v) is 2.30. The van der Waals surface area contributed by atoms with Crippen molar-refractivity contribution in [3.63, 3.8) is 0 Å². The van der Waals surface area contributed by atoms with E-state index in [2.05, 4.69) is 19.9 Å². The Balaban J connectivity index is 2.95. The normalized spacial score (nSPS) is 10.0. The van der Waals surface area contributed by atoms with Crippen LogP contribution in [-0.4, -0.2) is 5.11 Å². The first-order valence-corrected chi connectivity index (χ1v) is 4.93. The Bertz CT molecular complexity index is 334. The molecule has 0 spiro atoms. The van der Waals surface area contributed by atoms with Gasteiger partial charge >= 0.3 is 0 Å². The Hall–Kier alpha value is -1.24.